The molecule has 0 unspecified atom stereocenters. The molecule has 0 radical (unpaired) electrons. The van der Waals surface area contributed by atoms with E-state index in [-0.39, 0.29) is 18.6 Å². The van der Waals surface area contributed by atoms with Crippen LogP contribution in [-0.2, 0) is 0 Å². The lowest BCUT2D eigenvalue weighted by molar-refractivity contribution is -0.179. The van der Waals surface area contributed by atoms with Crippen molar-refractivity contribution in [2.45, 2.75) is 25.9 Å². The fourth-order valence-electron chi connectivity index (χ4n) is 2.56. The molecule has 1 saturated heterocycles. The molecule has 0 aromatic heterocycles. The number of nitrogens with two attached hydrogens (primary N) is 1. The van der Waals surface area contributed by atoms with Gasteiger partial charge in [0, 0.05) is 30.0 Å². The second-order valence-electron chi connectivity index (χ2n) is 5.14. The van der Waals surface area contributed by atoms with E-state index in [4.69, 9.17) is 5.73 Å². The Bertz CT molecular complexity index is 506. The van der Waals surface area contributed by atoms with E-state index in [0.717, 1.165) is 0 Å². The van der Waals surface area contributed by atoms with E-state index >= 15 is 0 Å². The normalized spacial score (nSPS) is 17.3. The SMILES string of the molecule is CC(=O)c1cc(N)ccc1N1CCC(C(F)(F)F)CC1. The number of ketones is 1. The molecule has 0 amide bonds. The first-order valence-electron chi connectivity index (χ1n) is 6.51. The topological polar surface area (TPSA) is 46.3 Å². The molecule has 0 aliphatic carbocycles. The first kappa shape index (κ1) is 14.7. The summed E-state index contributed by atoms with van der Waals surface area (Å²) in [5.74, 6) is -1.38. The van der Waals surface area contributed by atoms with Crippen LogP contribution in [0.5, 0.6) is 0 Å². The number of Topliss-reactive ketones (excluding diaryl/α,β-unsaturated/α-hetero) is 1. The van der Waals surface area contributed by atoms with E-state index < -0.39 is 12.1 Å². The zero-order valence-corrected chi connectivity index (χ0v) is 11.2. The van der Waals surface area contributed by atoms with Gasteiger partial charge in [-0.3, -0.25) is 4.79 Å². The first-order chi connectivity index (χ1) is 9.29. The highest BCUT2D eigenvalue weighted by atomic mass is 19.4. The summed E-state index contributed by atoms with van der Waals surface area (Å²) >= 11 is 0. The van der Waals surface area contributed by atoms with E-state index in [2.05, 4.69) is 0 Å². The van der Waals surface area contributed by atoms with Gasteiger partial charge in [0.25, 0.3) is 0 Å². The predicted molar refractivity (Wildman–Crippen MR) is 71.9 cm³/mol. The third-order valence-electron chi connectivity index (χ3n) is 3.70. The Balaban J connectivity index is 2.17. The third-order valence-corrected chi connectivity index (χ3v) is 3.70. The minimum atomic E-state index is -4.13. The second-order valence-corrected chi connectivity index (χ2v) is 5.14. The van der Waals surface area contributed by atoms with Crippen molar-refractivity contribution in [2.75, 3.05) is 23.7 Å². The minimum Gasteiger partial charge on any atom is -0.399 e. The molecule has 0 saturated carbocycles. The molecule has 1 aromatic rings. The number of rotatable bonds is 2. The number of nitrogen functional groups attached to an aromatic ring is 1. The Morgan fingerprint density at radius 3 is 2.40 bits per heavy atom. The zero-order valence-electron chi connectivity index (χ0n) is 11.2. The molecular weight excluding hydrogens is 269 g/mol. The minimum absolute atomic E-state index is 0.0607. The van der Waals surface area contributed by atoms with Crippen molar-refractivity contribution in [3.63, 3.8) is 0 Å². The average Bonchev–Trinajstić information content (AvgIpc) is 2.37. The Morgan fingerprint density at radius 2 is 1.90 bits per heavy atom. The molecule has 1 heterocycles. The van der Waals surface area contributed by atoms with Crippen LogP contribution in [0.1, 0.15) is 30.1 Å². The maximum Gasteiger partial charge on any atom is 0.391 e. The molecule has 0 spiro atoms. The van der Waals surface area contributed by atoms with Crippen LogP contribution in [0.4, 0.5) is 24.5 Å². The van der Waals surface area contributed by atoms with Gasteiger partial charge in [0.15, 0.2) is 5.78 Å². The predicted octanol–water partition coefficient (Wildman–Crippen LogP) is 3.25. The van der Waals surface area contributed by atoms with Gasteiger partial charge in [-0.15, -0.1) is 0 Å². The van der Waals surface area contributed by atoms with Crippen LogP contribution in [0.2, 0.25) is 0 Å². The standard InChI is InChI=1S/C14H17F3N2O/c1-9(20)12-8-11(18)2-3-13(12)19-6-4-10(5-7-19)14(15,16)17/h2-3,8,10H,4-7,18H2,1H3. The molecule has 6 heteroatoms. The van der Waals surface area contributed by atoms with Crippen molar-refractivity contribution >= 4 is 17.2 Å². The summed E-state index contributed by atoms with van der Waals surface area (Å²) in [4.78, 5) is 13.5. The van der Waals surface area contributed by atoms with Gasteiger partial charge in [-0.2, -0.15) is 13.2 Å². The molecule has 1 aliphatic heterocycles. The van der Waals surface area contributed by atoms with E-state index in [1.165, 1.54) is 6.92 Å². The molecule has 1 aliphatic rings. The van der Waals surface area contributed by atoms with Crippen LogP contribution in [0.3, 0.4) is 0 Å². The van der Waals surface area contributed by atoms with Crippen molar-refractivity contribution in [1.82, 2.24) is 0 Å². The summed E-state index contributed by atoms with van der Waals surface area (Å²) < 4.78 is 37.9. The third kappa shape index (κ3) is 3.05. The number of carbonyl (C=O) groups is 1. The number of alkyl halides is 3. The maximum atomic E-state index is 12.6. The van der Waals surface area contributed by atoms with E-state index in [1.54, 1.807) is 18.2 Å². The molecule has 110 valence electrons. The summed E-state index contributed by atoms with van der Waals surface area (Å²) in [6.45, 7) is 2.03. The Labute approximate surface area is 115 Å². The fourth-order valence-corrected chi connectivity index (χ4v) is 2.56. The van der Waals surface area contributed by atoms with E-state index in [9.17, 15) is 18.0 Å². The molecule has 20 heavy (non-hydrogen) atoms. The molecular formula is C14H17F3N2O. The van der Waals surface area contributed by atoms with Gasteiger partial charge in [-0.25, -0.2) is 0 Å². The van der Waals surface area contributed by atoms with Crippen molar-refractivity contribution in [1.29, 1.82) is 0 Å². The number of anilines is 2. The van der Waals surface area contributed by atoms with Gasteiger partial charge in [-0.1, -0.05) is 0 Å². The number of piperidine rings is 1. The number of hydrogen-bond acceptors (Lipinski definition) is 3. The Morgan fingerprint density at radius 1 is 1.30 bits per heavy atom. The molecule has 1 aromatic carbocycles. The van der Waals surface area contributed by atoms with Gasteiger partial charge < -0.3 is 10.6 Å². The average molecular weight is 286 g/mol. The highest BCUT2D eigenvalue weighted by molar-refractivity contribution is 6.00. The summed E-state index contributed by atoms with van der Waals surface area (Å²) in [7, 11) is 0. The molecule has 3 nitrogen and oxygen atoms in total. The van der Waals surface area contributed by atoms with Crippen molar-refractivity contribution in [3.05, 3.63) is 23.8 Å². The van der Waals surface area contributed by atoms with Gasteiger partial charge in [0.1, 0.15) is 0 Å². The molecule has 2 N–H and O–H groups in total. The zero-order chi connectivity index (χ0) is 14.9. The smallest absolute Gasteiger partial charge is 0.391 e. The second kappa shape index (κ2) is 5.34. The molecule has 2 rings (SSSR count). The van der Waals surface area contributed by atoms with Crippen molar-refractivity contribution in [2.24, 2.45) is 5.92 Å². The maximum absolute atomic E-state index is 12.6. The lowest BCUT2D eigenvalue weighted by atomic mass is 9.95. The van der Waals surface area contributed by atoms with Crippen molar-refractivity contribution < 1.29 is 18.0 Å². The van der Waals surface area contributed by atoms with E-state index in [0.29, 0.717) is 30.0 Å². The summed E-state index contributed by atoms with van der Waals surface area (Å²) in [5.41, 5.74) is 7.27. The van der Waals surface area contributed by atoms with Gasteiger partial charge >= 0.3 is 6.18 Å². The van der Waals surface area contributed by atoms with Crippen LogP contribution < -0.4 is 10.6 Å². The summed E-state index contributed by atoms with van der Waals surface area (Å²) in [5, 5.41) is 0. The summed E-state index contributed by atoms with van der Waals surface area (Å²) in [6.07, 6.45) is -4.01. The molecule has 0 atom stereocenters. The Kier molecular flexibility index (Phi) is 3.92. The summed E-state index contributed by atoms with van der Waals surface area (Å²) in [6, 6.07) is 4.95. The van der Waals surface area contributed by atoms with Gasteiger partial charge in [0.2, 0.25) is 0 Å². The fraction of sp³-hybridized carbons (Fsp3) is 0.500. The van der Waals surface area contributed by atoms with E-state index in [1.807, 2.05) is 4.90 Å². The highest BCUT2D eigenvalue weighted by Crippen LogP contribution is 2.36. The number of benzene rings is 1. The first-order valence-corrected chi connectivity index (χ1v) is 6.51. The number of carbonyl (C=O) groups excluding carboxylic acids is 1. The lowest BCUT2D eigenvalue weighted by Gasteiger charge is -2.35. The monoisotopic (exact) mass is 286 g/mol. The van der Waals surface area contributed by atoms with Gasteiger partial charge in [0.05, 0.1) is 5.92 Å². The molecule has 1 fully saturated rings. The quantitative estimate of drug-likeness (QED) is 0.670. The van der Waals surface area contributed by atoms with Crippen LogP contribution in [-0.4, -0.2) is 25.0 Å². The highest BCUT2D eigenvalue weighted by Gasteiger charge is 2.41. The van der Waals surface area contributed by atoms with Gasteiger partial charge in [-0.05, 0) is 38.0 Å². The molecule has 0 bridgehead atoms. The Hall–Kier alpha value is -1.72. The van der Waals surface area contributed by atoms with Crippen LogP contribution in [0.15, 0.2) is 18.2 Å². The van der Waals surface area contributed by atoms with Crippen LogP contribution in [0, 0.1) is 5.92 Å². The van der Waals surface area contributed by atoms with Crippen LogP contribution >= 0.6 is 0 Å². The lowest BCUT2D eigenvalue weighted by Crippen LogP contribution is -2.39. The van der Waals surface area contributed by atoms with Crippen molar-refractivity contribution in [3.8, 4) is 0 Å². The number of nitrogens with zero attached hydrogens (tertiary/aromatic N) is 1. The number of halogens is 3. The largest absolute Gasteiger partial charge is 0.399 e. The number of hydrogen-bond donors (Lipinski definition) is 1. The van der Waals surface area contributed by atoms with Crippen LogP contribution in [0.25, 0.3) is 0 Å².